The molecule has 35 heavy (non-hydrogen) atoms. The number of aryl methyl sites for hydroxylation is 1. The largest absolute Gasteiger partial charge is 0.220 e. The highest BCUT2D eigenvalue weighted by Crippen LogP contribution is 2.55. The summed E-state index contributed by atoms with van der Waals surface area (Å²) < 4.78 is 2.07. The fraction of sp³-hybridized carbons (Fsp3) is 0.406. The van der Waals surface area contributed by atoms with Crippen molar-refractivity contribution in [1.82, 2.24) is 0 Å². The van der Waals surface area contributed by atoms with E-state index >= 15 is 0 Å². The molecule has 6 rings (SSSR count). The summed E-state index contributed by atoms with van der Waals surface area (Å²) in [6.07, 6.45) is 15.6. The zero-order valence-corrected chi connectivity index (χ0v) is 22.6. The van der Waals surface area contributed by atoms with Crippen LogP contribution in [0.5, 0.6) is 0 Å². The van der Waals surface area contributed by atoms with Crippen LogP contribution in [0.4, 0.5) is 0 Å². The van der Waals surface area contributed by atoms with Gasteiger partial charge in [0.25, 0.3) is 0 Å². The van der Waals surface area contributed by atoms with Gasteiger partial charge >= 0.3 is 0 Å². The molecule has 1 aromatic heterocycles. The second-order valence-electron chi connectivity index (χ2n) is 12.6. The van der Waals surface area contributed by atoms with E-state index in [0.717, 1.165) is 11.1 Å². The Morgan fingerprint density at radius 2 is 1.51 bits per heavy atom. The van der Waals surface area contributed by atoms with Gasteiger partial charge in [-0.05, 0) is 82.0 Å². The van der Waals surface area contributed by atoms with Gasteiger partial charge in [-0.25, -0.2) is 14.3 Å². The molecule has 0 fully saturated rings. The van der Waals surface area contributed by atoms with E-state index in [1.54, 1.807) is 0 Å². The van der Waals surface area contributed by atoms with Crippen molar-refractivity contribution in [2.45, 2.75) is 72.0 Å². The molecule has 3 heteroatoms. The molecule has 0 spiro atoms. The second kappa shape index (κ2) is 7.62. The van der Waals surface area contributed by atoms with Gasteiger partial charge < -0.3 is 0 Å². The molecule has 0 radical (unpaired) electrons. The van der Waals surface area contributed by atoms with E-state index in [4.69, 9.17) is 9.78 Å². The van der Waals surface area contributed by atoms with Crippen LogP contribution in [0.25, 0.3) is 17.7 Å². The van der Waals surface area contributed by atoms with E-state index in [1.165, 1.54) is 33.4 Å². The number of benzene rings is 1. The van der Waals surface area contributed by atoms with Gasteiger partial charge in [0.15, 0.2) is 18.0 Å². The van der Waals surface area contributed by atoms with E-state index in [1.807, 2.05) is 0 Å². The van der Waals surface area contributed by atoms with Gasteiger partial charge in [-0.1, -0.05) is 65.8 Å². The maximum absolute atomic E-state index is 6.31. The molecule has 6 bridgehead atoms. The lowest BCUT2D eigenvalue weighted by Gasteiger charge is -2.52. The van der Waals surface area contributed by atoms with Crippen LogP contribution >= 0.6 is 0 Å². The fourth-order valence-corrected chi connectivity index (χ4v) is 5.16. The van der Waals surface area contributed by atoms with Crippen LogP contribution in [0.15, 0.2) is 66.0 Å². The first kappa shape index (κ1) is 24.0. The lowest BCUT2D eigenvalue weighted by molar-refractivity contribution is -0.671. The van der Waals surface area contributed by atoms with E-state index < -0.39 is 11.2 Å². The van der Waals surface area contributed by atoms with Gasteiger partial charge in [0.1, 0.15) is 12.6 Å². The number of pyridine rings is 1. The van der Waals surface area contributed by atoms with E-state index in [-0.39, 0.29) is 10.8 Å². The molecule has 2 aliphatic carbocycles. The average molecular weight is 469 g/mol. The lowest BCUT2D eigenvalue weighted by Crippen LogP contribution is -2.55. The molecule has 0 saturated carbocycles. The Hall–Kier alpha value is -2.75. The third kappa shape index (κ3) is 3.77. The number of fused-ring (bicyclic) bond motifs is 3. The maximum atomic E-state index is 6.31. The minimum Gasteiger partial charge on any atom is -0.220 e. The summed E-state index contributed by atoms with van der Waals surface area (Å²) in [5.74, 6) is 0. The first-order valence-corrected chi connectivity index (χ1v) is 12.6. The van der Waals surface area contributed by atoms with Gasteiger partial charge in [-0.3, -0.25) is 0 Å². The molecule has 2 atom stereocenters. The molecular weight excluding hydrogens is 430 g/mol. The number of nitrogens with zero attached hydrogens (tertiary/aromatic N) is 1. The van der Waals surface area contributed by atoms with Crippen molar-refractivity contribution in [1.29, 1.82) is 0 Å². The van der Waals surface area contributed by atoms with Crippen molar-refractivity contribution >= 4 is 17.7 Å². The number of hydrogen-bond donors (Lipinski definition) is 0. The van der Waals surface area contributed by atoms with Crippen LogP contribution in [0.3, 0.4) is 0 Å². The second-order valence-corrected chi connectivity index (χ2v) is 12.6. The molecule has 2 unspecified atom stereocenters. The Bertz CT molecular complexity index is 1330. The Labute approximate surface area is 210 Å². The third-order valence-corrected chi connectivity index (χ3v) is 7.99. The SMILES string of the molecule is Cc1c2cc(C(C)(C)C)cc1/C=C(/c1cc[n+](C)cc1)C1=CC3(C(C)(C)C)C=C(C=C2)C1(C)OO3. The Morgan fingerprint density at radius 3 is 2.14 bits per heavy atom. The highest BCUT2D eigenvalue weighted by molar-refractivity contribution is 5.95. The van der Waals surface area contributed by atoms with Crippen LogP contribution in [0.2, 0.25) is 0 Å². The van der Waals surface area contributed by atoms with Crippen LogP contribution in [0.1, 0.15) is 76.3 Å². The van der Waals surface area contributed by atoms with Gasteiger partial charge in [-0.15, -0.1) is 0 Å². The average Bonchev–Trinajstić information content (AvgIpc) is 2.76. The minimum absolute atomic E-state index is 0.0519. The summed E-state index contributed by atoms with van der Waals surface area (Å²) >= 11 is 0. The summed E-state index contributed by atoms with van der Waals surface area (Å²) in [6, 6.07) is 9.08. The van der Waals surface area contributed by atoms with Crippen LogP contribution < -0.4 is 4.57 Å². The quantitative estimate of drug-likeness (QED) is 0.330. The highest BCUT2D eigenvalue weighted by atomic mass is 17.2. The molecule has 182 valence electrons. The van der Waals surface area contributed by atoms with Crippen LogP contribution in [-0.4, -0.2) is 11.2 Å². The minimum atomic E-state index is -0.704. The first-order valence-electron chi connectivity index (χ1n) is 12.6. The number of hydrogen-bond acceptors (Lipinski definition) is 2. The normalized spacial score (nSPS) is 27.2. The van der Waals surface area contributed by atoms with Crippen LogP contribution in [-0.2, 0) is 22.2 Å². The van der Waals surface area contributed by atoms with Gasteiger partial charge in [-0.2, -0.15) is 0 Å². The summed E-state index contributed by atoms with van der Waals surface area (Å²) in [4.78, 5) is 12.5. The van der Waals surface area contributed by atoms with E-state index in [2.05, 4.69) is 134 Å². The smallest absolute Gasteiger partial charge is 0.169 e. The lowest BCUT2D eigenvalue weighted by atomic mass is 9.65. The molecule has 2 aliphatic heterocycles. The standard InChI is InChI=1S/C32H38NO2/c1-21-23-10-11-25-19-32(30(5,6)7)20-28(31(25,8)34-35-32)27(22-12-14-33(9)15-13-22)18-24(21)17-26(16-23)29(2,3)4/h10-20H,1-9H3/q+1/b11-10?,27-18-. The summed E-state index contributed by atoms with van der Waals surface area (Å²) in [5, 5.41) is 0. The maximum Gasteiger partial charge on any atom is 0.169 e. The molecule has 2 aromatic rings. The van der Waals surface area contributed by atoms with Crippen molar-refractivity contribution in [3.8, 4) is 0 Å². The predicted molar refractivity (Wildman–Crippen MR) is 143 cm³/mol. The molecule has 0 saturated heterocycles. The Balaban J connectivity index is 1.88. The molecule has 1 aromatic carbocycles. The highest BCUT2D eigenvalue weighted by Gasteiger charge is 2.55. The van der Waals surface area contributed by atoms with Crippen molar-refractivity contribution < 1.29 is 14.3 Å². The number of aromatic nitrogens is 1. The zero-order chi connectivity index (χ0) is 25.4. The molecule has 4 aliphatic rings. The monoisotopic (exact) mass is 468 g/mol. The Kier molecular flexibility index (Phi) is 5.22. The van der Waals surface area contributed by atoms with Gasteiger partial charge in [0.05, 0.1) is 0 Å². The topological polar surface area (TPSA) is 22.3 Å². The van der Waals surface area contributed by atoms with Crippen molar-refractivity contribution in [2.75, 3.05) is 0 Å². The third-order valence-electron chi connectivity index (χ3n) is 7.99. The fourth-order valence-electron chi connectivity index (χ4n) is 5.16. The van der Waals surface area contributed by atoms with Crippen LogP contribution in [0, 0.1) is 12.3 Å². The van der Waals surface area contributed by atoms with Crippen molar-refractivity contribution in [2.24, 2.45) is 12.5 Å². The molecule has 0 amide bonds. The van der Waals surface area contributed by atoms with Crippen molar-refractivity contribution in [3.05, 3.63) is 93.9 Å². The van der Waals surface area contributed by atoms with E-state index in [9.17, 15) is 0 Å². The van der Waals surface area contributed by atoms with Gasteiger partial charge in [0, 0.05) is 17.5 Å². The molecular formula is C32H38NO2+. The summed E-state index contributed by atoms with van der Waals surface area (Å²) in [5.41, 5.74) is 8.22. The van der Waals surface area contributed by atoms with Crippen molar-refractivity contribution in [3.63, 3.8) is 0 Å². The summed E-state index contributed by atoms with van der Waals surface area (Å²) in [7, 11) is 2.05. The number of rotatable bonds is 1. The first-order chi connectivity index (χ1) is 16.2. The predicted octanol–water partition coefficient (Wildman–Crippen LogP) is 7.06. The molecule has 0 N–H and O–H groups in total. The molecule has 3 nitrogen and oxygen atoms in total. The van der Waals surface area contributed by atoms with Gasteiger partial charge in [0.2, 0.25) is 0 Å². The van der Waals surface area contributed by atoms with E-state index in [0.29, 0.717) is 0 Å². The Morgan fingerprint density at radius 1 is 0.857 bits per heavy atom. The zero-order valence-electron chi connectivity index (χ0n) is 22.6. The summed E-state index contributed by atoms with van der Waals surface area (Å²) in [6.45, 7) is 17.8. The molecule has 3 heterocycles.